The summed E-state index contributed by atoms with van der Waals surface area (Å²) in [6.07, 6.45) is 3.82. The van der Waals surface area contributed by atoms with Gasteiger partial charge >= 0.3 is 0 Å². The fourth-order valence-corrected chi connectivity index (χ4v) is 3.38. The van der Waals surface area contributed by atoms with Crippen molar-refractivity contribution in [2.75, 3.05) is 0 Å². The fraction of sp³-hybridized carbons (Fsp3) is 0.235. The van der Waals surface area contributed by atoms with Gasteiger partial charge in [0.1, 0.15) is 12.7 Å². The molecule has 0 spiro atoms. The molecule has 0 aliphatic rings. The monoisotopic (exact) mass is 324 g/mol. The van der Waals surface area contributed by atoms with Crippen molar-refractivity contribution < 1.29 is 4.84 Å². The molecule has 3 aromatic heterocycles. The lowest BCUT2D eigenvalue weighted by Gasteiger charge is -2.00. The van der Waals surface area contributed by atoms with Crippen LogP contribution < -0.4 is 0 Å². The third kappa shape index (κ3) is 2.96. The van der Waals surface area contributed by atoms with Gasteiger partial charge in [0.2, 0.25) is 0 Å². The van der Waals surface area contributed by atoms with Crippen LogP contribution in [-0.2, 0) is 11.4 Å². The van der Waals surface area contributed by atoms with Crippen LogP contribution in [0.4, 0.5) is 0 Å². The van der Waals surface area contributed by atoms with Gasteiger partial charge in [-0.05, 0) is 32.9 Å². The molecule has 0 unspecified atom stereocenters. The number of thiazole rings is 1. The Kier molecular flexibility index (Phi) is 4.13. The molecule has 5 nitrogen and oxygen atoms in total. The summed E-state index contributed by atoms with van der Waals surface area (Å²) in [7, 11) is 0. The molecule has 0 N–H and O–H groups in total. The van der Waals surface area contributed by atoms with Crippen molar-refractivity contribution in [3.05, 3.63) is 57.3 Å². The van der Waals surface area contributed by atoms with Gasteiger partial charge in [0.15, 0.2) is 0 Å². The van der Waals surface area contributed by atoms with Gasteiger partial charge < -0.3 is 9.24 Å². The van der Waals surface area contributed by atoms with E-state index >= 15 is 0 Å². The Morgan fingerprint density at radius 2 is 2.26 bits per heavy atom. The minimum Gasteiger partial charge on any atom is -0.391 e. The topological polar surface area (TPSA) is 62.7 Å². The zero-order chi connectivity index (χ0) is 16.4. The summed E-state index contributed by atoms with van der Waals surface area (Å²) in [5, 5.41) is 14.6. The van der Waals surface area contributed by atoms with Crippen LogP contribution in [0.2, 0.25) is 0 Å². The van der Waals surface area contributed by atoms with E-state index in [1.807, 2.05) is 55.8 Å². The van der Waals surface area contributed by atoms with Crippen molar-refractivity contribution in [2.45, 2.75) is 27.4 Å². The van der Waals surface area contributed by atoms with Crippen molar-refractivity contribution in [1.82, 2.24) is 9.38 Å². The molecule has 0 radical (unpaired) electrons. The average Bonchev–Trinajstić information content (AvgIpc) is 3.06. The highest BCUT2D eigenvalue weighted by Crippen LogP contribution is 2.20. The SMILES string of the molecule is CC(=NOCc1cn2ccccc2c1C#N)c1sc(C)nc1C. The second kappa shape index (κ2) is 6.23. The molecule has 0 atom stereocenters. The summed E-state index contributed by atoms with van der Waals surface area (Å²) in [4.78, 5) is 10.9. The fourth-order valence-electron chi connectivity index (χ4n) is 2.52. The first kappa shape index (κ1) is 15.3. The third-order valence-corrected chi connectivity index (χ3v) is 4.71. The smallest absolute Gasteiger partial charge is 0.145 e. The number of aromatic nitrogens is 2. The van der Waals surface area contributed by atoms with Crippen LogP contribution in [0.1, 0.15) is 33.6 Å². The number of fused-ring (bicyclic) bond motifs is 1. The van der Waals surface area contributed by atoms with E-state index in [1.165, 1.54) is 0 Å². The Morgan fingerprint density at radius 3 is 2.96 bits per heavy atom. The molecule has 0 aliphatic carbocycles. The molecular weight excluding hydrogens is 308 g/mol. The largest absolute Gasteiger partial charge is 0.391 e. The maximum absolute atomic E-state index is 9.37. The maximum Gasteiger partial charge on any atom is 0.145 e. The molecule has 0 bridgehead atoms. The molecule has 0 amide bonds. The van der Waals surface area contributed by atoms with Gasteiger partial charge in [-0.3, -0.25) is 0 Å². The highest BCUT2D eigenvalue weighted by molar-refractivity contribution is 7.13. The summed E-state index contributed by atoms with van der Waals surface area (Å²) >= 11 is 1.60. The van der Waals surface area contributed by atoms with Crippen LogP contribution in [0.15, 0.2) is 35.7 Å². The second-order valence-electron chi connectivity index (χ2n) is 5.23. The Labute approximate surface area is 138 Å². The van der Waals surface area contributed by atoms with Gasteiger partial charge in [0, 0.05) is 18.0 Å². The van der Waals surface area contributed by atoms with Crippen LogP contribution in [0.5, 0.6) is 0 Å². The standard InChI is InChI=1S/C17H16N4OS/c1-11-17(23-13(3)19-11)12(2)20-22-10-14-9-21-7-5-4-6-16(21)15(14)8-18/h4-7,9H,10H2,1-3H3. The number of oxime groups is 1. The van der Waals surface area contributed by atoms with E-state index in [9.17, 15) is 5.26 Å². The lowest BCUT2D eigenvalue weighted by atomic mass is 10.2. The summed E-state index contributed by atoms with van der Waals surface area (Å²) < 4.78 is 1.92. The molecule has 0 saturated carbocycles. The Balaban J connectivity index is 1.80. The number of hydrogen-bond acceptors (Lipinski definition) is 5. The molecular formula is C17H16N4OS. The van der Waals surface area contributed by atoms with E-state index in [0.29, 0.717) is 5.56 Å². The van der Waals surface area contributed by atoms with Crippen LogP contribution in [0.25, 0.3) is 5.52 Å². The van der Waals surface area contributed by atoms with Crippen molar-refractivity contribution in [3.63, 3.8) is 0 Å². The number of nitriles is 1. The Bertz CT molecular complexity index is 930. The minimum absolute atomic E-state index is 0.263. The highest BCUT2D eigenvalue weighted by atomic mass is 32.1. The quantitative estimate of drug-likeness (QED) is 0.541. The first-order valence-corrected chi connectivity index (χ1v) is 8.01. The van der Waals surface area contributed by atoms with Gasteiger partial charge in [-0.25, -0.2) is 4.98 Å². The van der Waals surface area contributed by atoms with Crippen LogP contribution in [0, 0.1) is 25.2 Å². The maximum atomic E-state index is 9.37. The first-order valence-electron chi connectivity index (χ1n) is 7.19. The zero-order valence-corrected chi connectivity index (χ0v) is 14.0. The van der Waals surface area contributed by atoms with Gasteiger partial charge in [0.25, 0.3) is 0 Å². The third-order valence-electron chi connectivity index (χ3n) is 3.53. The van der Waals surface area contributed by atoms with Crippen molar-refractivity contribution >= 4 is 22.6 Å². The second-order valence-corrected chi connectivity index (χ2v) is 6.44. The summed E-state index contributed by atoms with van der Waals surface area (Å²) in [6, 6.07) is 8.00. The predicted molar refractivity (Wildman–Crippen MR) is 90.7 cm³/mol. The summed E-state index contributed by atoms with van der Waals surface area (Å²) in [6.45, 7) is 6.10. The van der Waals surface area contributed by atoms with E-state index in [4.69, 9.17) is 4.84 Å². The van der Waals surface area contributed by atoms with Crippen LogP contribution in [-0.4, -0.2) is 15.1 Å². The van der Waals surface area contributed by atoms with Crippen LogP contribution >= 0.6 is 11.3 Å². The van der Waals surface area contributed by atoms with E-state index < -0.39 is 0 Å². The van der Waals surface area contributed by atoms with E-state index in [1.54, 1.807) is 11.3 Å². The van der Waals surface area contributed by atoms with Gasteiger partial charge in [-0.2, -0.15) is 5.26 Å². The lowest BCUT2D eigenvalue weighted by molar-refractivity contribution is 0.130. The zero-order valence-electron chi connectivity index (χ0n) is 13.2. The molecule has 0 saturated heterocycles. The lowest BCUT2D eigenvalue weighted by Crippen LogP contribution is -1.97. The molecule has 0 aliphatic heterocycles. The summed E-state index contributed by atoms with van der Waals surface area (Å²) in [5.74, 6) is 0. The Hall–Kier alpha value is -2.65. The number of pyridine rings is 1. The molecule has 3 aromatic rings. The van der Waals surface area contributed by atoms with Crippen molar-refractivity contribution in [3.8, 4) is 6.07 Å². The van der Waals surface area contributed by atoms with Crippen LogP contribution in [0.3, 0.4) is 0 Å². The average molecular weight is 324 g/mol. The van der Waals surface area contributed by atoms with E-state index in [0.717, 1.165) is 32.4 Å². The number of nitrogens with zero attached hydrogens (tertiary/aromatic N) is 4. The molecule has 0 fully saturated rings. The normalized spacial score (nSPS) is 11.7. The molecule has 6 heteroatoms. The molecule has 3 heterocycles. The molecule has 23 heavy (non-hydrogen) atoms. The summed E-state index contributed by atoms with van der Waals surface area (Å²) in [5.41, 5.74) is 4.10. The van der Waals surface area contributed by atoms with Gasteiger partial charge in [-0.15, -0.1) is 11.3 Å². The van der Waals surface area contributed by atoms with E-state index in [-0.39, 0.29) is 6.61 Å². The number of hydrogen-bond donors (Lipinski definition) is 0. The number of aryl methyl sites for hydroxylation is 2. The minimum atomic E-state index is 0.263. The molecule has 3 rings (SSSR count). The highest BCUT2D eigenvalue weighted by Gasteiger charge is 2.11. The van der Waals surface area contributed by atoms with Gasteiger partial charge in [0.05, 0.1) is 32.4 Å². The van der Waals surface area contributed by atoms with E-state index in [2.05, 4.69) is 16.2 Å². The molecule has 0 aromatic carbocycles. The number of rotatable bonds is 4. The van der Waals surface area contributed by atoms with Gasteiger partial charge in [-0.1, -0.05) is 11.2 Å². The predicted octanol–water partition coefficient (Wildman–Crippen LogP) is 3.83. The van der Waals surface area contributed by atoms with Crippen molar-refractivity contribution in [1.29, 1.82) is 5.26 Å². The Morgan fingerprint density at radius 1 is 1.43 bits per heavy atom. The molecule has 116 valence electrons. The first-order chi connectivity index (χ1) is 11.1. The van der Waals surface area contributed by atoms with Crippen molar-refractivity contribution in [2.24, 2.45) is 5.16 Å².